The Morgan fingerprint density at radius 1 is 1.42 bits per heavy atom. The van der Waals surface area contributed by atoms with Gasteiger partial charge in [-0.3, -0.25) is 4.68 Å². The topological polar surface area (TPSA) is 39.1 Å². The molecular formula is C14H18BrN3O. The fourth-order valence-electron chi connectivity index (χ4n) is 1.83. The lowest BCUT2D eigenvalue weighted by molar-refractivity contribution is 0.302. The molecule has 0 spiro atoms. The highest BCUT2D eigenvalue weighted by Crippen LogP contribution is 2.24. The van der Waals surface area contributed by atoms with Crippen LogP contribution in [0.5, 0.6) is 5.75 Å². The van der Waals surface area contributed by atoms with Crippen molar-refractivity contribution in [3.05, 3.63) is 46.2 Å². The molecule has 5 heteroatoms. The van der Waals surface area contributed by atoms with Crippen LogP contribution < -0.4 is 10.1 Å². The van der Waals surface area contributed by atoms with Crippen LogP contribution in [0.1, 0.15) is 18.1 Å². The second kappa shape index (κ2) is 6.73. The minimum absolute atomic E-state index is 0.540. The third-order valence-corrected chi connectivity index (χ3v) is 3.29. The fourth-order valence-corrected chi connectivity index (χ4v) is 2.24. The van der Waals surface area contributed by atoms with E-state index in [1.54, 1.807) is 0 Å². The van der Waals surface area contributed by atoms with Gasteiger partial charge >= 0.3 is 0 Å². The first-order valence-electron chi connectivity index (χ1n) is 6.30. The maximum atomic E-state index is 5.87. The summed E-state index contributed by atoms with van der Waals surface area (Å²) in [7, 11) is 1.93. The molecule has 1 aromatic carbocycles. The summed E-state index contributed by atoms with van der Waals surface area (Å²) in [5.41, 5.74) is 2.22. The summed E-state index contributed by atoms with van der Waals surface area (Å²) >= 11 is 3.48. The molecule has 102 valence electrons. The van der Waals surface area contributed by atoms with E-state index in [0.717, 1.165) is 34.4 Å². The first-order valence-corrected chi connectivity index (χ1v) is 7.09. The number of hydrogen-bond donors (Lipinski definition) is 1. The number of nitrogens with zero attached hydrogens (tertiary/aromatic N) is 2. The Morgan fingerprint density at radius 2 is 2.26 bits per heavy atom. The third-order valence-electron chi connectivity index (χ3n) is 2.79. The van der Waals surface area contributed by atoms with Crippen molar-refractivity contribution in [1.29, 1.82) is 0 Å². The van der Waals surface area contributed by atoms with E-state index in [4.69, 9.17) is 4.74 Å². The largest absolute Gasteiger partial charge is 0.488 e. The smallest absolute Gasteiger partial charge is 0.124 e. The first-order chi connectivity index (χ1) is 9.22. The predicted octanol–water partition coefficient (Wildman–Crippen LogP) is 2.96. The number of benzene rings is 1. The standard InChI is InChI=1S/C14H18BrN3O/c1-3-18-9-11(7-17-18)10-19-14-5-4-13(15)6-12(14)8-16-2/h4-7,9,16H,3,8,10H2,1-2H3. The number of rotatable bonds is 6. The molecule has 1 N–H and O–H groups in total. The lowest BCUT2D eigenvalue weighted by atomic mass is 10.2. The number of halogens is 1. The predicted molar refractivity (Wildman–Crippen MR) is 79.1 cm³/mol. The lowest BCUT2D eigenvalue weighted by Gasteiger charge is -2.11. The summed E-state index contributed by atoms with van der Waals surface area (Å²) < 4.78 is 8.83. The van der Waals surface area contributed by atoms with E-state index >= 15 is 0 Å². The van der Waals surface area contributed by atoms with Gasteiger partial charge in [0, 0.05) is 34.9 Å². The average Bonchev–Trinajstić information content (AvgIpc) is 2.86. The SMILES string of the molecule is CCn1cc(COc2ccc(Br)cc2CNC)cn1. The minimum atomic E-state index is 0.540. The van der Waals surface area contributed by atoms with Crippen LogP contribution in [0, 0.1) is 0 Å². The number of aromatic nitrogens is 2. The van der Waals surface area contributed by atoms with E-state index < -0.39 is 0 Å². The highest BCUT2D eigenvalue weighted by atomic mass is 79.9. The van der Waals surface area contributed by atoms with Gasteiger partial charge in [-0.25, -0.2) is 0 Å². The van der Waals surface area contributed by atoms with Crippen molar-refractivity contribution in [2.45, 2.75) is 26.6 Å². The fraction of sp³-hybridized carbons (Fsp3) is 0.357. The summed E-state index contributed by atoms with van der Waals surface area (Å²) in [6.07, 6.45) is 3.86. The Labute approximate surface area is 121 Å². The molecule has 19 heavy (non-hydrogen) atoms. The van der Waals surface area contributed by atoms with Crippen molar-refractivity contribution in [2.75, 3.05) is 7.05 Å². The summed E-state index contributed by atoms with van der Waals surface area (Å²) in [6, 6.07) is 6.05. The molecule has 0 bridgehead atoms. The second-order valence-electron chi connectivity index (χ2n) is 4.28. The molecule has 0 amide bonds. The summed E-state index contributed by atoms with van der Waals surface area (Å²) in [4.78, 5) is 0. The zero-order valence-corrected chi connectivity index (χ0v) is 12.8. The maximum absolute atomic E-state index is 5.87. The van der Waals surface area contributed by atoms with Crippen LogP contribution in [-0.4, -0.2) is 16.8 Å². The van der Waals surface area contributed by atoms with Gasteiger partial charge in [-0.05, 0) is 32.2 Å². The van der Waals surface area contributed by atoms with Crippen molar-refractivity contribution in [3.63, 3.8) is 0 Å². The zero-order chi connectivity index (χ0) is 13.7. The third kappa shape index (κ3) is 3.81. The summed E-state index contributed by atoms with van der Waals surface area (Å²) in [5, 5.41) is 7.38. The Bertz CT molecular complexity index is 539. The van der Waals surface area contributed by atoms with Gasteiger partial charge in [0.2, 0.25) is 0 Å². The monoisotopic (exact) mass is 323 g/mol. The Balaban J connectivity index is 2.05. The van der Waals surface area contributed by atoms with Gasteiger partial charge in [0.15, 0.2) is 0 Å². The summed E-state index contributed by atoms with van der Waals surface area (Å²) in [5.74, 6) is 0.904. The van der Waals surface area contributed by atoms with E-state index in [1.165, 1.54) is 0 Å². The van der Waals surface area contributed by atoms with Crippen LogP contribution in [0.2, 0.25) is 0 Å². The molecule has 0 fully saturated rings. The molecule has 0 aliphatic carbocycles. The number of aryl methyl sites for hydroxylation is 1. The van der Waals surface area contributed by atoms with Gasteiger partial charge < -0.3 is 10.1 Å². The van der Waals surface area contributed by atoms with Crippen LogP contribution in [0.25, 0.3) is 0 Å². The van der Waals surface area contributed by atoms with E-state index in [0.29, 0.717) is 6.61 Å². The first kappa shape index (κ1) is 14.1. The van der Waals surface area contributed by atoms with Gasteiger partial charge in [0.05, 0.1) is 6.20 Å². The van der Waals surface area contributed by atoms with Gasteiger partial charge in [0.25, 0.3) is 0 Å². The van der Waals surface area contributed by atoms with Crippen molar-refractivity contribution in [3.8, 4) is 5.75 Å². The number of nitrogens with one attached hydrogen (secondary N) is 1. The van der Waals surface area contributed by atoms with Crippen LogP contribution in [0.4, 0.5) is 0 Å². The van der Waals surface area contributed by atoms with Gasteiger partial charge in [0.1, 0.15) is 12.4 Å². The Hall–Kier alpha value is -1.33. The van der Waals surface area contributed by atoms with Crippen molar-refractivity contribution >= 4 is 15.9 Å². The second-order valence-corrected chi connectivity index (χ2v) is 5.19. The Kier molecular flexibility index (Phi) is 4.99. The normalized spacial score (nSPS) is 10.7. The zero-order valence-electron chi connectivity index (χ0n) is 11.2. The van der Waals surface area contributed by atoms with E-state index in [9.17, 15) is 0 Å². The van der Waals surface area contributed by atoms with Crippen molar-refractivity contribution < 1.29 is 4.74 Å². The Morgan fingerprint density at radius 3 is 2.95 bits per heavy atom. The van der Waals surface area contributed by atoms with Crippen LogP contribution in [0.3, 0.4) is 0 Å². The van der Waals surface area contributed by atoms with Crippen LogP contribution in [0.15, 0.2) is 35.1 Å². The molecule has 1 heterocycles. The molecule has 4 nitrogen and oxygen atoms in total. The van der Waals surface area contributed by atoms with Crippen molar-refractivity contribution in [2.24, 2.45) is 0 Å². The lowest BCUT2D eigenvalue weighted by Crippen LogP contribution is -2.07. The molecule has 0 radical (unpaired) electrons. The molecule has 0 saturated heterocycles. The molecule has 0 aliphatic heterocycles. The molecule has 0 saturated carbocycles. The van der Waals surface area contributed by atoms with Gasteiger partial charge in [-0.1, -0.05) is 15.9 Å². The summed E-state index contributed by atoms with van der Waals surface area (Å²) in [6.45, 7) is 4.27. The molecule has 1 aromatic heterocycles. The molecule has 0 aliphatic rings. The van der Waals surface area contributed by atoms with E-state index in [2.05, 4.69) is 39.3 Å². The molecule has 0 atom stereocenters. The van der Waals surface area contributed by atoms with Crippen LogP contribution in [-0.2, 0) is 19.7 Å². The van der Waals surface area contributed by atoms with E-state index in [1.807, 2.05) is 36.3 Å². The molecule has 2 aromatic rings. The molecule has 0 unspecified atom stereocenters. The molecular weight excluding hydrogens is 306 g/mol. The van der Waals surface area contributed by atoms with Gasteiger partial charge in [-0.2, -0.15) is 5.10 Å². The highest BCUT2D eigenvalue weighted by molar-refractivity contribution is 9.10. The molecule has 2 rings (SSSR count). The van der Waals surface area contributed by atoms with Gasteiger partial charge in [-0.15, -0.1) is 0 Å². The minimum Gasteiger partial charge on any atom is -0.488 e. The number of ether oxygens (including phenoxy) is 1. The van der Waals surface area contributed by atoms with Crippen LogP contribution >= 0.6 is 15.9 Å². The van der Waals surface area contributed by atoms with Crippen molar-refractivity contribution in [1.82, 2.24) is 15.1 Å². The maximum Gasteiger partial charge on any atom is 0.124 e. The number of hydrogen-bond acceptors (Lipinski definition) is 3. The average molecular weight is 324 g/mol. The highest BCUT2D eigenvalue weighted by Gasteiger charge is 2.05. The quantitative estimate of drug-likeness (QED) is 0.888. The van der Waals surface area contributed by atoms with E-state index in [-0.39, 0.29) is 0 Å².